The number of hydrogen-bond donors (Lipinski definition) is 1. The van der Waals surface area contributed by atoms with Crippen molar-refractivity contribution < 1.29 is 14.3 Å². The molecule has 9 heteroatoms. The van der Waals surface area contributed by atoms with Crippen molar-refractivity contribution in [3.8, 4) is 0 Å². The maximum atomic E-state index is 12.4. The monoisotopic (exact) mass is 366 g/mol. The predicted octanol–water partition coefficient (Wildman–Crippen LogP) is 2.33. The average molecular weight is 367 g/mol. The number of anilines is 2. The number of nitrogens with one attached hydrogen (secondary N) is 1. The summed E-state index contributed by atoms with van der Waals surface area (Å²) in [6.07, 6.45) is 0.165. The fourth-order valence-electron chi connectivity index (χ4n) is 2.45. The second kappa shape index (κ2) is 7.25. The third-order valence-electron chi connectivity index (χ3n) is 3.60. The molecule has 24 heavy (non-hydrogen) atoms. The minimum absolute atomic E-state index is 0.0881. The van der Waals surface area contributed by atoms with Crippen LogP contribution in [0.15, 0.2) is 24.3 Å². The number of rotatable bonds is 5. The third-order valence-corrected chi connectivity index (χ3v) is 4.66. The van der Waals surface area contributed by atoms with Gasteiger partial charge in [-0.3, -0.25) is 9.59 Å². The lowest BCUT2D eigenvalue weighted by atomic mass is 10.1. The normalized spacial score (nSPS) is 17.3. The maximum absolute atomic E-state index is 12.4. The van der Waals surface area contributed by atoms with Crippen molar-refractivity contribution in [1.29, 1.82) is 0 Å². The van der Waals surface area contributed by atoms with Gasteiger partial charge in [0.15, 0.2) is 0 Å². The molecule has 7 nitrogen and oxygen atoms in total. The first-order chi connectivity index (χ1) is 11.6. The third kappa shape index (κ3) is 3.72. The molecule has 1 aliphatic rings. The van der Waals surface area contributed by atoms with Crippen LogP contribution in [-0.4, -0.2) is 35.7 Å². The first-order valence-electron chi connectivity index (χ1n) is 7.25. The first-order valence-corrected chi connectivity index (χ1v) is 8.44. The molecule has 2 heterocycles. The van der Waals surface area contributed by atoms with E-state index in [1.54, 1.807) is 36.3 Å². The van der Waals surface area contributed by atoms with Gasteiger partial charge in [0.05, 0.1) is 5.92 Å². The van der Waals surface area contributed by atoms with Gasteiger partial charge < -0.3 is 15.0 Å². The molecular weight excluding hydrogens is 352 g/mol. The molecule has 0 bridgehead atoms. The van der Waals surface area contributed by atoms with Crippen molar-refractivity contribution in [2.45, 2.75) is 13.0 Å². The Morgan fingerprint density at radius 2 is 2.17 bits per heavy atom. The molecule has 3 rings (SSSR count). The summed E-state index contributed by atoms with van der Waals surface area (Å²) >= 11 is 7.11. The molecule has 1 saturated heterocycles. The summed E-state index contributed by atoms with van der Waals surface area (Å²) < 4.78 is 4.97. The number of hydrogen-bond acceptors (Lipinski definition) is 6. The highest BCUT2D eigenvalue weighted by molar-refractivity contribution is 7.15. The van der Waals surface area contributed by atoms with E-state index in [-0.39, 0.29) is 18.2 Å². The van der Waals surface area contributed by atoms with Crippen LogP contribution in [0.1, 0.15) is 11.4 Å². The molecule has 0 saturated carbocycles. The van der Waals surface area contributed by atoms with Gasteiger partial charge in [-0.1, -0.05) is 22.9 Å². The zero-order valence-electron chi connectivity index (χ0n) is 12.9. The van der Waals surface area contributed by atoms with E-state index < -0.39 is 5.92 Å². The quantitative estimate of drug-likeness (QED) is 0.877. The van der Waals surface area contributed by atoms with E-state index in [2.05, 4.69) is 15.5 Å². The molecule has 0 aliphatic carbocycles. The van der Waals surface area contributed by atoms with Crippen LogP contribution in [0, 0.1) is 5.92 Å². The molecule has 126 valence electrons. The smallest absolute Gasteiger partial charge is 0.231 e. The molecule has 1 aromatic heterocycles. The van der Waals surface area contributed by atoms with Gasteiger partial charge in [0, 0.05) is 30.8 Å². The number of aromatic nitrogens is 2. The number of carbonyl (C=O) groups excluding carboxylic acids is 2. The van der Waals surface area contributed by atoms with E-state index in [0.29, 0.717) is 28.3 Å². The minimum atomic E-state index is -0.428. The van der Waals surface area contributed by atoms with E-state index in [0.717, 1.165) is 5.69 Å². The molecule has 1 aromatic carbocycles. The van der Waals surface area contributed by atoms with Crippen molar-refractivity contribution in [3.63, 3.8) is 0 Å². The molecule has 1 N–H and O–H groups in total. The molecule has 0 unspecified atom stereocenters. The van der Waals surface area contributed by atoms with Crippen molar-refractivity contribution in [2.24, 2.45) is 5.92 Å². The average Bonchev–Trinajstić information content (AvgIpc) is 3.15. The highest BCUT2D eigenvalue weighted by atomic mass is 35.5. The van der Waals surface area contributed by atoms with Gasteiger partial charge in [-0.25, -0.2) is 0 Å². The summed E-state index contributed by atoms with van der Waals surface area (Å²) in [5.74, 6) is -0.752. The van der Waals surface area contributed by atoms with Gasteiger partial charge in [-0.05, 0) is 24.3 Å². The number of methoxy groups -OCH3 is 1. The molecule has 0 spiro atoms. The highest BCUT2D eigenvalue weighted by Gasteiger charge is 2.35. The summed E-state index contributed by atoms with van der Waals surface area (Å²) in [6, 6.07) is 6.97. The van der Waals surface area contributed by atoms with Crippen molar-refractivity contribution in [1.82, 2.24) is 10.2 Å². The van der Waals surface area contributed by atoms with Crippen molar-refractivity contribution in [2.75, 3.05) is 23.9 Å². The van der Waals surface area contributed by atoms with Gasteiger partial charge in [0.1, 0.15) is 11.6 Å². The Hall–Kier alpha value is -2.03. The Morgan fingerprint density at radius 3 is 2.88 bits per heavy atom. The molecule has 1 atom stereocenters. The fraction of sp³-hybridized carbons (Fsp3) is 0.333. The molecule has 2 aromatic rings. The highest BCUT2D eigenvalue weighted by Crippen LogP contribution is 2.27. The lowest BCUT2D eigenvalue weighted by Gasteiger charge is -2.16. The Kier molecular flexibility index (Phi) is 5.08. The molecule has 1 fully saturated rings. The van der Waals surface area contributed by atoms with Crippen LogP contribution in [0.4, 0.5) is 10.8 Å². The Morgan fingerprint density at radius 1 is 1.42 bits per heavy atom. The van der Waals surface area contributed by atoms with Gasteiger partial charge in [0.25, 0.3) is 0 Å². The molecular formula is C15H15ClN4O3S. The second-order valence-corrected chi connectivity index (χ2v) is 6.80. The van der Waals surface area contributed by atoms with Gasteiger partial charge >= 0.3 is 0 Å². The number of carbonyl (C=O) groups is 2. The van der Waals surface area contributed by atoms with E-state index in [4.69, 9.17) is 16.3 Å². The maximum Gasteiger partial charge on any atom is 0.231 e. The lowest BCUT2D eigenvalue weighted by Crippen LogP contribution is -2.28. The van der Waals surface area contributed by atoms with E-state index in [1.165, 1.54) is 11.3 Å². The Labute approximate surface area is 147 Å². The van der Waals surface area contributed by atoms with Crippen molar-refractivity contribution in [3.05, 3.63) is 34.3 Å². The number of ether oxygens (including phenoxy) is 1. The lowest BCUT2D eigenvalue weighted by molar-refractivity contribution is -0.122. The number of amides is 2. The zero-order valence-corrected chi connectivity index (χ0v) is 14.4. The fourth-order valence-corrected chi connectivity index (χ4v) is 3.29. The largest absolute Gasteiger partial charge is 0.377 e. The summed E-state index contributed by atoms with van der Waals surface area (Å²) in [5.41, 5.74) is 0.734. The minimum Gasteiger partial charge on any atom is -0.377 e. The van der Waals surface area contributed by atoms with Gasteiger partial charge in [-0.15, -0.1) is 10.2 Å². The summed E-state index contributed by atoms with van der Waals surface area (Å²) in [5, 5.41) is 12.2. The summed E-state index contributed by atoms with van der Waals surface area (Å²) in [4.78, 5) is 26.1. The zero-order chi connectivity index (χ0) is 17.1. The van der Waals surface area contributed by atoms with E-state index in [9.17, 15) is 9.59 Å². The van der Waals surface area contributed by atoms with Crippen LogP contribution in [0.5, 0.6) is 0 Å². The summed E-state index contributed by atoms with van der Waals surface area (Å²) in [6.45, 7) is 0.676. The SMILES string of the molecule is COCc1nnc(NC(=O)[C@@H]2CC(=O)N(c3ccc(Cl)cc3)C2)s1. The van der Waals surface area contributed by atoms with E-state index >= 15 is 0 Å². The Bertz CT molecular complexity index is 749. The van der Waals surface area contributed by atoms with Crippen LogP contribution in [-0.2, 0) is 20.9 Å². The molecule has 1 aliphatic heterocycles. The van der Waals surface area contributed by atoms with Gasteiger partial charge in [-0.2, -0.15) is 0 Å². The van der Waals surface area contributed by atoms with Crippen LogP contribution in [0.25, 0.3) is 0 Å². The van der Waals surface area contributed by atoms with Crippen molar-refractivity contribution >= 4 is 45.6 Å². The molecule has 0 radical (unpaired) electrons. The second-order valence-electron chi connectivity index (χ2n) is 5.31. The first kappa shape index (κ1) is 16.8. The standard InChI is InChI=1S/C15H15ClN4O3S/c1-23-8-12-18-19-15(24-12)17-14(22)9-6-13(21)20(7-9)11-4-2-10(16)3-5-11/h2-5,9H,6-8H2,1H3,(H,17,19,22)/t9-/m1/s1. The van der Waals surface area contributed by atoms with Gasteiger partial charge in [0.2, 0.25) is 16.9 Å². The predicted molar refractivity (Wildman–Crippen MR) is 91.2 cm³/mol. The number of nitrogens with zero attached hydrogens (tertiary/aromatic N) is 3. The molecule has 2 amide bonds. The van der Waals surface area contributed by atoms with Crippen LogP contribution < -0.4 is 10.2 Å². The van der Waals surface area contributed by atoms with Crippen LogP contribution in [0.3, 0.4) is 0 Å². The Balaban J connectivity index is 1.64. The number of halogens is 1. The van der Waals surface area contributed by atoms with Crippen LogP contribution in [0.2, 0.25) is 5.02 Å². The van der Waals surface area contributed by atoms with E-state index in [1.807, 2.05) is 0 Å². The summed E-state index contributed by atoms with van der Waals surface area (Å²) in [7, 11) is 1.56. The number of benzene rings is 1. The topological polar surface area (TPSA) is 84.4 Å². The van der Waals surface area contributed by atoms with Crippen LogP contribution >= 0.6 is 22.9 Å².